The lowest BCUT2D eigenvalue weighted by molar-refractivity contribution is 0.319. The summed E-state index contributed by atoms with van der Waals surface area (Å²) in [6.45, 7) is 7.44. The first-order valence-electron chi connectivity index (χ1n) is 6.35. The normalized spacial score (nSPS) is 11.8. The number of ether oxygens (including phenoxy) is 2. The van der Waals surface area contributed by atoms with E-state index in [0.29, 0.717) is 12.6 Å². The van der Waals surface area contributed by atoms with E-state index in [-0.39, 0.29) is 0 Å². The van der Waals surface area contributed by atoms with Gasteiger partial charge in [-0.15, -0.1) is 0 Å². The van der Waals surface area contributed by atoms with Crippen LogP contribution < -0.4 is 14.8 Å². The van der Waals surface area contributed by atoms with Crippen molar-refractivity contribution in [3.8, 4) is 11.5 Å². The molecule has 19 heavy (non-hydrogen) atoms. The Morgan fingerprint density at radius 1 is 1.37 bits per heavy atom. The van der Waals surface area contributed by atoms with Gasteiger partial charge in [0.05, 0.1) is 7.11 Å². The number of methoxy groups -OCH3 is 1. The maximum absolute atomic E-state index is 5.66. The first-order valence-corrected chi connectivity index (χ1v) is 6.79. The van der Waals surface area contributed by atoms with Gasteiger partial charge in [0.15, 0.2) is 11.5 Å². The van der Waals surface area contributed by atoms with Gasteiger partial charge in [-0.2, -0.15) is 0 Å². The van der Waals surface area contributed by atoms with E-state index in [9.17, 15) is 0 Å². The second kappa shape index (κ2) is 8.08. The maximum atomic E-state index is 5.66. The number of nitrogens with one attached hydrogen (secondary N) is 1. The summed E-state index contributed by atoms with van der Waals surface area (Å²) in [5, 5.41) is 3.37. The van der Waals surface area contributed by atoms with Crippen LogP contribution in [0.1, 0.15) is 26.3 Å². The molecule has 0 aliphatic heterocycles. The van der Waals surface area contributed by atoms with Crippen molar-refractivity contribution in [3.05, 3.63) is 34.9 Å². The Morgan fingerprint density at radius 3 is 2.68 bits per heavy atom. The largest absolute Gasteiger partial charge is 0.493 e. The summed E-state index contributed by atoms with van der Waals surface area (Å²) in [6, 6.07) is 6.41. The van der Waals surface area contributed by atoms with E-state index in [4.69, 9.17) is 21.1 Å². The Labute approximate surface area is 120 Å². The Bertz CT molecular complexity index is 430. The van der Waals surface area contributed by atoms with Crippen molar-refractivity contribution in [1.29, 1.82) is 0 Å². The van der Waals surface area contributed by atoms with Crippen molar-refractivity contribution in [2.45, 2.75) is 33.4 Å². The van der Waals surface area contributed by atoms with Gasteiger partial charge in [-0.05, 0) is 30.2 Å². The molecule has 0 saturated carbocycles. The molecule has 106 valence electrons. The van der Waals surface area contributed by atoms with Gasteiger partial charge in [-0.25, -0.2) is 0 Å². The van der Waals surface area contributed by atoms with Crippen molar-refractivity contribution in [3.63, 3.8) is 0 Å². The smallest absolute Gasteiger partial charge is 0.161 e. The highest BCUT2D eigenvalue weighted by molar-refractivity contribution is 6.25. The standard InChI is InChI=1S/C15H22ClNO2/c1-11(2)17-9-13-5-6-14(15(7-13)18-4)19-10-12(3)8-16/h5-8,11,17H,9-10H2,1-4H3/b12-8+. The van der Waals surface area contributed by atoms with E-state index in [2.05, 4.69) is 19.2 Å². The molecule has 0 atom stereocenters. The van der Waals surface area contributed by atoms with Crippen molar-refractivity contribution < 1.29 is 9.47 Å². The molecule has 0 radical (unpaired) electrons. The fourth-order valence-electron chi connectivity index (χ4n) is 1.49. The molecule has 0 aromatic heterocycles. The monoisotopic (exact) mass is 283 g/mol. The summed E-state index contributed by atoms with van der Waals surface area (Å²) >= 11 is 5.61. The lowest BCUT2D eigenvalue weighted by Crippen LogP contribution is -2.21. The SMILES string of the molecule is COc1cc(CNC(C)C)ccc1OC/C(C)=C/Cl. The zero-order chi connectivity index (χ0) is 14.3. The van der Waals surface area contributed by atoms with Gasteiger partial charge < -0.3 is 14.8 Å². The molecule has 0 fully saturated rings. The summed E-state index contributed by atoms with van der Waals surface area (Å²) in [4.78, 5) is 0. The number of hydrogen-bond donors (Lipinski definition) is 1. The molecule has 1 aromatic carbocycles. The van der Waals surface area contributed by atoms with Crippen LogP contribution in [0.25, 0.3) is 0 Å². The Morgan fingerprint density at radius 2 is 2.11 bits per heavy atom. The molecule has 1 aromatic rings. The van der Waals surface area contributed by atoms with Crippen LogP contribution in [0.3, 0.4) is 0 Å². The van der Waals surface area contributed by atoms with Crippen molar-refractivity contribution in [2.24, 2.45) is 0 Å². The van der Waals surface area contributed by atoms with Gasteiger partial charge in [0, 0.05) is 18.1 Å². The van der Waals surface area contributed by atoms with Gasteiger partial charge in [-0.3, -0.25) is 0 Å². The Hall–Kier alpha value is -1.19. The third-order valence-corrected chi connectivity index (χ3v) is 2.96. The third kappa shape index (κ3) is 5.53. The molecule has 0 bridgehead atoms. The van der Waals surface area contributed by atoms with Crippen LogP contribution in [-0.2, 0) is 6.54 Å². The third-order valence-electron chi connectivity index (χ3n) is 2.58. The molecule has 0 heterocycles. The minimum Gasteiger partial charge on any atom is -0.493 e. The predicted molar refractivity (Wildman–Crippen MR) is 80.1 cm³/mol. The van der Waals surface area contributed by atoms with Crippen LogP contribution >= 0.6 is 11.6 Å². The highest BCUT2D eigenvalue weighted by Gasteiger charge is 2.06. The van der Waals surface area contributed by atoms with Gasteiger partial charge in [0.2, 0.25) is 0 Å². The van der Waals surface area contributed by atoms with Gasteiger partial charge in [0.1, 0.15) is 6.61 Å². The molecule has 1 rings (SSSR count). The van der Waals surface area contributed by atoms with Crippen LogP contribution in [0.4, 0.5) is 0 Å². The van der Waals surface area contributed by atoms with Crippen LogP contribution in [0.2, 0.25) is 0 Å². The molecular weight excluding hydrogens is 262 g/mol. The first-order chi connectivity index (χ1) is 9.06. The van der Waals surface area contributed by atoms with Gasteiger partial charge in [0.25, 0.3) is 0 Å². The van der Waals surface area contributed by atoms with Crippen molar-refractivity contribution in [1.82, 2.24) is 5.32 Å². The highest BCUT2D eigenvalue weighted by Crippen LogP contribution is 2.28. The number of hydrogen-bond acceptors (Lipinski definition) is 3. The average Bonchev–Trinajstić information content (AvgIpc) is 2.42. The van der Waals surface area contributed by atoms with Crippen LogP contribution in [0.15, 0.2) is 29.3 Å². The summed E-state index contributed by atoms with van der Waals surface area (Å²) < 4.78 is 11.0. The number of halogens is 1. The molecule has 0 spiro atoms. The van der Waals surface area contributed by atoms with Crippen molar-refractivity contribution >= 4 is 11.6 Å². The zero-order valence-corrected chi connectivity index (χ0v) is 12.8. The van der Waals surface area contributed by atoms with Gasteiger partial charge >= 0.3 is 0 Å². The molecule has 4 heteroatoms. The summed E-state index contributed by atoms with van der Waals surface area (Å²) in [5.41, 5.74) is 3.66. The Kier molecular flexibility index (Phi) is 6.74. The summed E-state index contributed by atoms with van der Waals surface area (Å²) in [6.07, 6.45) is 0. The molecule has 0 amide bonds. The van der Waals surface area contributed by atoms with E-state index in [0.717, 1.165) is 23.6 Å². The average molecular weight is 284 g/mol. The number of benzene rings is 1. The quantitative estimate of drug-likeness (QED) is 0.827. The second-order valence-corrected chi connectivity index (χ2v) is 4.98. The van der Waals surface area contributed by atoms with E-state index >= 15 is 0 Å². The fourth-order valence-corrected chi connectivity index (χ4v) is 1.55. The lowest BCUT2D eigenvalue weighted by Gasteiger charge is -2.13. The molecule has 0 saturated heterocycles. The number of rotatable bonds is 7. The molecule has 0 unspecified atom stereocenters. The van der Waals surface area contributed by atoms with Crippen LogP contribution in [0.5, 0.6) is 11.5 Å². The van der Waals surface area contributed by atoms with Crippen LogP contribution in [0, 0.1) is 0 Å². The maximum Gasteiger partial charge on any atom is 0.161 e. The molecule has 3 nitrogen and oxygen atoms in total. The van der Waals surface area contributed by atoms with E-state index in [1.54, 1.807) is 7.11 Å². The fraction of sp³-hybridized carbons (Fsp3) is 0.467. The minimum absolute atomic E-state index is 0.457. The molecule has 0 aliphatic carbocycles. The van der Waals surface area contributed by atoms with E-state index in [1.165, 1.54) is 11.1 Å². The van der Waals surface area contributed by atoms with Gasteiger partial charge in [-0.1, -0.05) is 31.5 Å². The van der Waals surface area contributed by atoms with Crippen LogP contribution in [-0.4, -0.2) is 19.8 Å². The summed E-state index contributed by atoms with van der Waals surface area (Å²) in [7, 11) is 1.64. The molecule has 0 aliphatic rings. The first kappa shape index (κ1) is 15.9. The predicted octanol–water partition coefficient (Wildman–Crippen LogP) is 3.71. The second-order valence-electron chi connectivity index (χ2n) is 4.76. The van der Waals surface area contributed by atoms with E-state index < -0.39 is 0 Å². The summed E-state index contributed by atoms with van der Waals surface area (Å²) in [5.74, 6) is 1.47. The minimum atomic E-state index is 0.457. The molecule has 1 N–H and O–H groups in total. The van der Waals surface area contributed by atoms with E-state index in [1.807, 2.05) is 25.1 Å². The Balaban J connectivity index is 2.72. The topological polar surface area (TPSA) is 30.5 Å². The van der Waals surface area contributed by atoms with Crippen molar-refractivity contribution in [2.75, 3.05) is 13.7 Å². The highest BCUT2D eigenvalue weighted by atomic mass is 35.5. The molecular formula is C15H22ClNO2. The lowest BCUT2D eigenvalue weighted by atomic mass is 10.2. The zero-order valence-electron chi connectivity index (χ0n) is 12.0.